The van der Waals surface area contributed by atoms with Crippen molar-refractivity contribution >= 4 is 22.6 Å². The number of nitrogens with zero attached hydrogens (tertiary/aromatic N) is 2. The predicted octanol–water partition coefficient (Wildman–Crippen LogP) is 12.8. The van der Waals surface area contributed by atoms with Gasteiger partial charge in [-0.05, 0) is 127 Å². The van der Waals surface area contributed by atoms with Gasteiger partial charge in [-0.3, -0.25) is 0 Å². The largest absolute Gasteiger partial charge is 0.493 e. The second kappa shape index (κ2) is 17.5. The lowest BCUT2D eigenvalue weighted by Gasteiger charge is -2.18. The van der Waals surface area contributed by atoms with E-state index in [1.165, 1.54) is 82.9 Å². The van der Waals surface area contributed by atoms with Crippen LogP contribution in [0.15, 0.2) is 91.0 Å². The number of allylic oxidation sites excluding steroid dienone is 1. The third-order valence-corrected chi connectivity index (χ3v) is 10.8. The molecule has 1 aliphatic carbocycles. The number of benzene rings is 4. The van der Waals surface area contributed by atoms with Crippen LogP contribution in [0.3, 0.4) is 0 Å². The number of rotatable bonds is 17. The molecule has 0 amide bonds. The molecule has 4 aromatic carbocycles. The summed E-state index contributed by atoms with van der Waals surface area (Å²) in [5, 5.41) is 10.7. The molecule has 0 radical (unpaired) electrons. The van der Waals surface area contributed by atoms with Crippen molar-refractivity contribution in [3.8, 4) is 34.4 Å². The highest BCUT2D eigenvalue weighted by Crippen LogP contribution is 2.40. The van der Waals surface area contributed by atoms with Crippen LogP contribution < -0.4 is 9.47 Å². The quantitative estimate of drug-likeness (QED) is 0.0983. The van der Waals surface area contributed by atoms with Gasteiger partial charge in [0, 0.05) is 22.3 Å². The first kappa shape index (κ1) is 36.1. The van der Waals surface area contributed by atoms with Crippen molar-refractivity contribution in [3.05, 3.63) is 113 Å². The minimum absolute atomic E-state index is 0.608. The summed E-state index contributed by atoms with van der Waals surface area (Å²) in [4.78, 5) is 0. The summed E-state index contributed by atoms with van der Waals surface area (Å²) in [6.07, 6.45) is 14.0. The summed E-state index contributed by atoms with van der Waals surface area (Å²) in [6.45, 7) is 10.6. The molecular weight excluding hydrogens is 625 g/mol. The Morgan fingerprint density at radius 3 is 1.78 bits per heavy atom. The van der Waals surface area contributed by atoms with Gasteiger partial charge in [-0.15, -0.1) is 0 Å². The maximum Gasteiger partial charge on any atom is 0.119 e. The van der Waals surface area contributed by atoms with Crippen molar-refractivity contribution in [1.82, 2.24) is 4.57 Å². The van der Waals surface area contributed by atoms with Gasteiger partial charge in [0.15, 0.2) is 0 Å². The molecule has 4 heteroatoms. The average molecular weight is 679 g/mol. The van der Waals surface area contributed by atoms with Gasteiger partial charge in [0.2, 0.25) is 0 Å². The Kier molecular flexibility index (Phi) is 12.3. The fourth-order valence-corrected chi connectivity index (χ4v) is 7.40. The van der Waals surface area contributed by atoms with Crippen LogP contribution >= 0.6 is 0 Å². The van der Waals surface area contributed by atoms with Crippen molar-refractivity contribution in [2.45, 2.75) is 91.9 Å². The van der Waals surface area contributed by atoms with E-state index in [2.05, 4.69) is 123 Å². The van der Waals surface area contributed by atoms with E-state index >= 15 is 0 Å². The van der Waals surface area contributed by atoms with Gasteiger partial charge < -0.3 is 14.0 Å². The molecule has 0 saturated heterocycles. The SMILES string of the molecule is CCCCC(CC)COc1ccc(C2=Cc3c(n(-c4ccc(C#N)cc4)c4ccc(-c5ccc(OCC(CC)CCCC)cc5)cc34)CC2)cc1. The third kappa shape index (κ3) is 8.59. The summed E-state index contributed by atoms with van der Waals surface area (Å²) < 4.78 is 14.9. The van der Waals surface area contributed by atoms with Crippen LogP contribution in [-0.2, 0) is 6.42 Å². The molecule has 4 nitrogen and oxygen atoms in total. The Hall–Kier alpha value is -4.75. The first-order valence-corrected chi connectivity index (χ1v) is 19.4. The molecule has 1 heterocycles. The number of unbranched alkanes of at least 4 members (excludes halogenated alkanes) is 2. The van der Waals surface area contributed by atoms with E-state index in [9.17, 15) is 5.26 Å². The van der Waals surface area contributed by atoms with Crippen LogP contribution in [-0.4, -0.2) is 17.8 Å². The highest BCUT2D eigenvalue weighted by atomic mass is 16.5. The van der Waals surface area contributed by atoms with Crippen LogP contribution in [0.5, 0.6) is 11.5 Å². The number of hydrogen-bond donors (Lipinski definition) is 0. The van der Waals surface area contributed by atoms with Crippen LogP contribution in [0.4, 0.5) is 0 Å². The Bertz CT molecular complexity index is 1940. The van der Waals surface area contributed by atoms with Crippen molar-refractivity contribution in [2.75, 3.05) is 13.2 Å². The average Bonchev–Trinajstić information content (AvgIpc) is 3.51. The highest BCUT2D eigenvalue weighted by Gasteiger charge is 2.22. The number of nitriles is 1. The number of fused-ring (bicyclic) bond motifs is 3. The van der Waals surface area contributed by atoms with Gasteiger partial charge >= 0.3 is 0 Å². The Morgan fingerprint density at radius 1 is 0.667 bits per heavy atom. The van der Waals surface area contributed by atoms with Gasteiger partial charge in [-0.25, -0.2) is 0 Å². The van der Waals surface area contributed by atoms with Crippen LogP contribution in [0.2, 0.25) is 0 Å². The maximum absolute atomic E-state index is 9.45. The highest BCUT2D eigenvalue weighted by molar-refractivity contribution is 6.00. The summed E-state index contributed by atoms with van der Waals surface area (Å²) in [5.74, 6) is 3.11. The lowest BCUT2D eigenvalue weighted by molar-refractivity contribution is 0.233. The number of ether oxygens (including phenoxy) is 2. The molecule has 0 saturated carbocycles. The molecule has 0 spiro atoms. The van der Waals surface area contributed by atoms with E-state index < -0.39 is 0 Å². The summed E-state index contributed by atoms with van der Waals surface area (Å²) in [6, 6.07) is 34.4. The van der Waals surface area contributed by atoms with Gasteiger partial charge in [-0.2, -0.15) is 5.26 Å². The van der Waals surface area contributed by atoms with E-state index in [0.717, 1.165) is 56.1 Å². The Morgan fingerprint density at radius 2 is 1.24 bits per heavy atom. The molecular formula is C47H54N2O2. The fourth-order valence-electron chi connectivity index (χ4n) is 7.40. The minimum Gasteiger partial charge on any atom is -0.493 e. The van der Waals surface area contributed by atoms with Crippen molar-refractivity contribution < 1.29 is 9.47 Å². The zero-order chi connectivity index (χ0) is 35.6. The van der Waals surface area contributed by atoms with Crippen molar-refractivity contribution in [3.63, 3.8) is 0 Å². The lowest BCUT2D eigenvalue weighted by atomic mass is 9.90. The third-order valence-electron chi connectivity index (χ3n) is 10.8. The molecule has 1 aromatic heterocycles. The lowest BCUT2D eigenvalue weighted by Crippen LogP contribution is -2.11. The van der Waals surface area contributed by atoms with Gasteiger partial charge in [-0.1, -0.05) is 96.6 Å². The molecule has 0 N–H and O–H groups in total. The van der Waals surface area contributed by atoms with Crippen LogP contribution in [0.1, 0.15) is 108 Å². The molecule has 51 heavy (non-hydrogen) atoms. The zero-order valence-electron chi connectivity index (χ0n) is 31.1. The molecule has 0 aliphatic heterocycles. The Balaban J connectivity index is 1.30. The molecule has 2 unspecified atom stereocenters. The van der Waals surface area contributed by atoms with Gasteiger partial charge in [0.25, 0.3) is 0 Å². The van der Waals surface area contributed by atoms with E-state index in [4.69, 9.17) is 9.47 Å². The van der Waals surface area contributed by atoms with E-state index in [0.29, 0.717) is 17.4 Å². The summed E-state index contributed by atoms with van der Waals surface area (Å²) in [7, 11) is 0. The maximum atomic E-state index is 9.45. The monoisotopic (exact) mass is 678 g/mol. The van der Waals surface area contributed by atoms with Gasteiger partial charge in [0.05, 0.1) is 30.4 Å². The van der Waals surface area contributed by atoms with Crippen LogP contribution in [0.25, 0.3) is 39.4 Å². The molecule has 1 aliphatic rings. The first-order valence-electron chi connectivity index (χ1n) is 19.4. The molecule has 264 valence electrons. The number of hydrogen-bond acceptors (Lipinski definition) is 3. The van der Waals surface area contributed by atoms with Crippen LogP contribution in [0, 0.1) is 23.2 Å². The molecule has 0 fully saturated rings. The summed E-state index contributed by atoms with van der Waals surface area (Å²) in [5.41, 5.74) is 10.5. The number of aromatic nitrogens is 1. The van der Waals surface area contributed by atoms with Crippen molar-refractivity contribution in [2.24, 2.45) is 11.8 Å². The summed E-state index contributed by atoms with van der Waals surface area (Å²) >= 11 is 0. The van der Waals surface area contributed by atoms with Crippen molar-refractivity contribution in [1.29, 1.82) is 5.26 Å². The predicted molar refractivity (Wildman–Crippen MR) is 214 cm³/mol. The minimum atomic E-state index is 0.608. The molecule has 6 rings (SSSR count). The fraction of sp³-hybridized carbons (Fsp3) is 0.383. The van der Waals surface area contributed by atoms with E-state index in [-0.39, 0.29) is 0 Å². The topological polar surface area (TPSA) is 47.2 Å². The van der Waals surface area contributed by atoms with E-state index in [1.54, 1.807) is 0 Å². The standard InChI is InChI=1S/C47H54N2O2/c1-5-9-11-34(7-3)32-50-42-23-15-37(16-24-42)39-19-27-46-44(29-39)45-30-40(20-28-47(45)49(46)41-21-13-36(31-48)14-22-41)38-17-25-43(26-18-38)51-33-35(8-4)12-10-6-2/h13-19,21-27,29-30,34-35H,5-12,20,28,32-33H2,1-4H3. The first-order chi connectivity index (χ1) is 25.0. The second-order valence-electron chi connectivity index (χ2n) is 14.3. The van der Waals surface area contributed by atoms with E-state index in [1.807, 2.05) is 12.1 Å². The molecule has 2 atom stereocenters. The zero-order valence-corrected chi connectivity index (χ0v) is 31.1. The Labute approximate surface area is 305 Å². The molecule has 0 bridgehead atoms. The smallest absolute Gasteiger partial charge is 0.119 e. The molecule has 5 aromatic rings. The second-order valence-corrected chi connectivity index (χ2v) is 14.3. The van der Waals surface area contributed by atoms with Gasteiger partial charge in [0.1, 0.15) is 11.5 Å². The normalized spacial score (nSPS) is 13.7.